The number of non-ortho nitro benzene ring substituents is 1. The fourth-order valence-electron chi connectivity index (χ4n) is 4.26. The fourth-order valence-corrected chi connectivity index (χ4v) is 6.53. The number of allylic oxidation sites excluding steroid dienone is 1. The van der Waals surface area contributed by atoms with E-state index in [0.717, 1.165) is 41.5 Å². The molecule has 0 bridgehead atoms. The number of hydrogen-bond acceptors (Lipinski definition) is 8. The van der Waals surface area contributed by atoms with Gasteiger partial charge in [0, 0.05) is 40.4 Å². The summed E-state index contributed by atoms with van der Waals surface area (Å²) in [4.78, 5) is 31.3. The van der Waals surface area contributed by atoms with E-state index in [-0.39, 0.29) is 24.6 Å². The Bertz CT molecular complexity index is 1300. The maximum Gasteiger partial charge on any atom is 0.270 e. The van der Waals surface area contributed by atoms with Gasteiger partial charge in [-0.1, -0.05) is 17.8 Å². The summed E-state index contributed by atoms with van der Waals surface area (Å²) in [6, 6.07) is 3.01. The summed E-state index contributed by atoms with van der Waals surface area (Å²) >= 11 is 2.99. The Morgan fingerprint density at radius 1 is 1.34 bits per heavy atom. The summed E-state index contributed by atoms with van der Waals surface area (Å²) in [7, 11) is 0. The normalized spacial score (nSPS) is 15.1. The molecule has 0 saturated carbocycles. The highest BCUT2D eigenvalue weighted by Gasteiger charge is 2.24. The Kier molecular flexibility index (Phi) is 5.75. The van der Waals surface area contributed by atoms with Crippen LogP contribution < -0.4 is 10.3 Å². The van der Waals surface area contributed by atoms with Gasteiger partial charge in [-0.15, -0.1) is 17.9 Å². The van der Waals surface area contributed by atoms with Crippen molar-refractivity contribution in [3.63, 3.8) is 0 Å². The summed E-state index contributed by atoms with van der Waals surface area (Å²) < 4.78 is 12.6. The molecule has 0 amide bonds. The summed E-state index contributed by atoms with van der Waals surface area (Å²) in [5.74, 6) is 0.990. The highest BCUT2D eigenvalue weighted by atomic mass is 32.2. The Balaban J connectivity index is 1.55. The van der Waals surface area contributed by atoms with Crippen molar-refractivity contribution >= 4 is 39.0 Å². The molecule has 10 heteroatoms. The lowest BCUT2D eigenvalue weighted by molar-refractivity contribution is -0.385. The van der Waals surface area contributed by atoms with Crippen LogP contribution in [-0.2, 0) is 36.5 Å². The predicted octanol–water partition coefficient (Wildman–Crippen LogP) is 4.59. The van der Waals surface area contributed by atoms with Crippen molar-refractivity contribution in [2.24, 2.45) is 0 Å². The lowest BCUT2D eigenvalue weighted by Gasteiger charge is -2.20. The van der Waals surface area contributed by atoms with Gasteiger partial charge in [-0.3, -0.25) is 19.5 Å². The number of nitro benzene ring substituents is 1. The molecule has 0 N–H and O–H groups in total. The van der Waals surface area contributed by atoms with Crippen LogP contribution >= 0.6 is 23.1 Å². The second kappa shape index (κ2) is 8.68. The number of aryl methyl sites for hydroxylation is 2. The molecule has 1 aromatic carbocycles. The van der Waals surface area contributed by atoms with Gasteiger partial charge in [0.25, 0.3) is 11.2 Å². The molecule has 3 aromatic rings. The van der Waals surface area contributed by atoms with Crippen molar-refractivity contribution in [1.29, 1.82) is 0 Å². The van der Waals surface area contributed by atoms with E-state index in [2.05, 4.69) is 6.58 Å². The minimum Gasteiger partial charge on any atom is -0.467 e. The van der Waals surface area contributed by atoms with Crippen LogP contribution in [0.15, 0.2) is 34.7 Å². The summed E-state index contributed by atoms with van der Waals surface area (Å²) in [6.07, 6.45) is 5.85. The first-order valence-corrected chi connectivity index (χ1v) is 12.2. The SMILES string of the molecule is C=CCn1c(SCc2cc([N+](=O)[O-])cc3c2OCOC3)nc2sc3c(c2c1=O)CCCC3. The van der Waals surface area contributed by atoms with Gasteiger partial charge in [0.15, 0.2) is 11.9 Å². The van der Waals surface area contributed by atoms with Gasteiger partial charge < -0.3 is 9.47 Å². The Morgan fingerprint density at radius 3 is 3.00 bits per heavy atom. The number of hydrogen-bond donors (Lipinski definition) is 0. The van der Waals surface area contributed by atoms with Crippen LogP contribution in [-0.4, -0.2) is 21.3 Å². The van der Waals surface area contributed by atoms with Crippen molar-refractivity contribution in [1.82, 2.24) is 9.55 Å². The average Bonchev–Trinajstić information content (AvgIpc) is 3.18. The molecule has 2 aromatic heterocycles. The summed E-state index contributed by atoms with van der Waals surface area (Å²) in [5, 5.41) is 12.7. The molecular formula is C22H21N3O5S2. The van der Waals surface area contributed by atoms with Crippen molar-refractivity contribution < 1.29 is 14.4 Å². The molecule has 8 nitrogen and oxygen atoms in total. The van der Waals surface area contributed by atoms with Crippen molar-refractivity contribution in [2.75, 3.05) is 6.79 Å². The second-order valence-electron chi connectivity index (χ2n) is 7.74. The highest BCUT2D eigenvalue weighted by molar-refractivity contribution is 7.98. The van der Waals surface area contributed by atoms with Crippen LogP contribution in [0.3, 0.4) is 0 Å². The minimum atomic E-state index is -0.419. The molecule has 5 rings (SSSR count). The summed E-state index contributed by atoms with van der Waals surface area (Å²) in [6.45, 7) is 4.52. The number of rotatable bonds is 6. The third-order valence-electron chi connectivity index (χ3n) is 5.69. The lowest BCUT2D eigenvalue weighted by Crippen LogP contribution is -2.23. The Labute approximate surface area is 192 Å². The van der Waals surface area contributed by atoms with E-state index in [1.807, 2.05) is 0 Å². The zero-order valence-electron chi connectivity index (χ0n) is 17.3. The van der Waals surface area contributed by atoms with Crippen molar-refractivity contribution in [3.05, 3.63) is 66.8 Å². The van der Waals surface area contributed by atoms with E-state index >= 15 is 0 Å². The molecule has 166 valence electrons. The molecule has 0 unspecified atom stereocenters. The largest absolute Gasteiger partial charge is 0.467 e. The first-order valence-electron chi connectivity index (χ1n) is 10.4. The maximum atomic E-state index is 13.4. The number of nitrogens with zero attached hydrogens (tertiary/aromatic N) is 3. The van der Waals surface area contributed by atoms with Crippen LogP contribution in [0.5, 0.6) is 5.75 Å². The molecule has 0 fully saturated rings. The standard InChI is InChI=1S/C22H21N3O5S2/c1-2-7-24-21(26)18-16-5-3-4-6-17(16)32-20(18)23-22(24)31-11-14-9-15(25(27)28)8-13-10-29-12-30-19(13)14/h2,8-9H,1,3-7,10-12H2. The number of nitro groups is 1. The highest BCUT2D eigenvalue weighted by Crippen LogP contribution is 2.38. The molecule has 32 heavy (non-hydrogen) atoms. The zero-order valence-corrected chi connectivity index (χ0v) is 18.9. The number of ether oxygens (including phenoxy) is 2. The van der Waals surface area contributed by atoms with Gasteiger partial charge in [0.1, 0.15) is 10.6 Å². The van der Waals surface area contributed by atoms with E-state index < -0.39 is 4.92 Å². The number of fused-ring (bicyclic) bond motifs is 4. The quantitative estimate of drug-likeness (QED) is 0.171. The van der Waals surface area contributed by atoms with Gasteiger partial charge in [0.2, 0.25) is 0 Å². The van der Waals surface area contributed by atoms with Crippen LogP contribution in [0.25, 0.3) is 10.2 Å². The van der Waals surface area contributed by atoms with E-state index in [1.165, 1.54) is 28.8 Å². The Morgan fingerprint density at radius 2 is 2.19 bits per heavy atom. The molecule has 2 aliphatic rings. The van der Waals surface area contributed by atoms with E-state index in [4.69, 9.17) is 14.5 Å². The van der Waals surface area contributed by atoms with Crippen LogP contribution in [0.2, 0.25) is 0 Å². The van der Waals surface area contributed by atoms with Gasteiger partial charge >= 0.3 is 0 Å². The van der Waals surface area contributed by atoms with Crippen LogP contribution in [0, 0.1) is 10.1 Å². The molecule has 0 spiro atoms. The van der Waals surface area contributed by atoms with E-state index in [1.54, 1.807) is 22.0 Å². The Hall–Kier alpha value is -2.69. The van der Waals surface area contributed by atoms with Crippen molar-refractivity contribution in [2.45, 2.75) is 49.7 Å². The number of aromatic nitrogens is 2. The topological polar surface area (TPSA) is 96.5 Å². The molecule has 3 heterocycles. The molecule has 1 aliphatic heterocycles. The number of thioether (sulfide) groups is 1. The molecule has 0 atom stereocenters. The van der Waals surface area contributed by atoms with Gasteiger partial charge in [-0.2, -0.15) is 0 Å². The average molecular weight is 472 g/mol. The maximum absolute atomic E-state index is 13.4. The monoisotopic (exact) mass is 471 g/mol. The van der Waals surface area contributed by atoms with Gasteiger partial charge in [0.05, 0.1) is 16.9 Å². The second-order valence-corrected chi connectivity index (χ2v) is 9.77. The number of benzene rings is 1. The third-order valence-corrected chi connectivity index (χ3v) is 7.90. The van der Waals surface area contributed by atoms with Crippen LogP contribution in [0.1, 0.15) is 34.4 Å². The first-order chi connectivity index (χ1) is 15.6. The molecule has 1 aliphatic carbocycles. The lowest BCUT2D eigenvalue weighted by atomic mass is 9.97. The number of thiophene rings is 1. The van der Waals surface area contributed by atoms with E-state index in [9.17, 15) is 14.9 Å². The smallest absolute Gasteiger partial charge is 0.270 e. The van der Waals surface area contributed by atoms with Crippen LogP contribution in [0.4, 0.5) is 5.69 Å². The minimum absolute atomic E-state index is 0.00808. The third kappa shape index (κ3) is 3.72. The molecule has 0 saturated heterocycles. The summed E-state index contributed by atoms with van der Waals surface area (Å²) in [5.41, 5.74) is 2.45. The fraction of sp³-hybridized carbons (Fsp3) is 0.364. The predicted molar refractivity (Wildman–Crippen MR) is 124 cm³/mol. The van der Waals surface area contributed by atoms with E-state index in [0.29, 0.717) is 34.3 Å². The zero-order chi connectivity index (χ0) is 22.2. The molecular weight excluding hydrogens is 450 g/mol. The van der Waals surface area contributed by atoms with Gasteiger partial charge in [-0.25, -0.2) is 4.98 Å². The first kappa shape index (κ1) is 21.2. The van der Waals surface area contributed by atoms with Crippen molar-refractivity contribution in [3.8, 4) is 5.75 Å². The molecule has 0 radical (unpaired) electrons. The van der Waals surface area contributed by atoms with Gasteiger partial charge in [-0.05, 0) is 31.2 Å².